The minimum Gasteiger partial charge on any atom is -0.494 e. The second-order valence-corrected chi connectivity index (χ2v) is 7.16. The fourth-order valence-electron chi connectivity index (χ4n) is 2.65. The summed E-state index contributed by atoms with van der Waals surface area (Å²) in [5.74, 6) is 0.329. The molecule has 1 atom stereocenters. The molecule has 0 radical (unpaired) electrons. The Kier molecular flexibility index (Phi) is 7.14. The van der Waals surface area contributed by atoms with E-state index < -0.39 is 11.5 Å². The standard InChI is InChI=1S/C20H27N3O5/c1-5-27-15-8-6-14(7-9-15)19-21-17(28-23-19)11-10-16(24)22-20(4,13(2)3)12-18(25)26/h6-9,13H,5,10-12H2,1-4H3,(H,22,24)(H,25,26). The Bertz CT molecular complexity index is 800. The molecule has 0 saturated heterocycles. The van der Waals surface area contributed by atoms with Crippen LogP contribution >= 0.6 is 0 Å². The van der Waals surface area contributed by atoms with Crippen molar-refractivity contribution in [3.05, 3.63) is 30.2 Å². The highest BCUT2D eigenvalue weighted by atomic mass is 16.5. The zero-order valence-electron chi connectivity index (χ0n) is 16.7. The van der Waals surface area contributed by atoms with E-state index in [0.717, 1.165) is 11.3 Å². The molecule has 8 heteroatoms. The van der Waals surface area contributed by atoms with Gasteiger partial charge in [-0.05, 0) is 44.0 Å². The predicted molar refractivity (Wildman–Crippen MR) is 103 cm³/mol. The van der Waals surface area contributed by atoms with Crippen molar-refractivity contribution >= 4 is 11.9 Å². The molecule has 1 aromatic heterocycles. The lowest BCUT2D eigenvalue weighted by molar-refractivity contribution is -0.139. The fraction of sp³-hybridized carbons (Fsp3) is 0.500. The van der Waals surface area contributed by atoms with Crippen LogP contribution in [0.5, 0.6) is 5.75 Å². The van der Waals surface area contributed by atoms with Gasteiger partial charge in [-0.15, -0.1) is 0 Å². The molecule has 8 nitrogen and oxygen atoms in total. The number of carbonyl (C=O) groups excluding carboxylic acids is 1. The van der Waals surface area contributed by atoms with E-state index in [1.165, 1.54) is 0 Å². The highest BCUT2D eigenvalue weighted by Crippen LogP contribution is 2.22. The second kappa shape index (κ2) is 9.34. The predicted octanol–water partition coefficient (Wildman–Crippen LogP) is 3.07. The van der Waals surface area contributed by atoms with Gasteiger partial charge in [0.15, 0.2) is 0 Å². The van der Waals surface area contributed by atoms with Crippen LogP contribution in [0.3, 0.4) is 0 Å². The number of aryl methyl sites for hydroxylation is 1. The van der Waals surface area contributed by atoms with Gasteiger partial charge in [-0.25, -0.2) is 0 Å². The molecule has 0 saturated carbocycles. The molecule has 1 aromatic carbocycles. The summed E-state index contributed by atoms with van der Waals surface area (Å²) in [6, 6.07) is 7.34. The number of ether oxygens (including phenoxy) is 1. The van der Waals surface area contributed by atoms with E-state index in [-0.39, 0.29) is 31.1 Å². The Morgan fingerprint density at radius 2 is 1.96 bits per heavy atom. The van der Waals surface area contributed by atoms with Crippen LogP contribution in [0.1, 0.15) is 46.4 Å². The summed E-state index contributed by atoms with van der Waals surface area (Å²) < 4.78 is 10.6. The molecule has 1 heterocycles. The first-order valence-electron chi connectivity index (χ1n) is 9.32. The molecular formula is C20H27N3O5. The van der Waals surface area contributed by atoms with E-state index in [9.17, 15) is 9.59 Å². The van der Waals surface area contributed by atoms with Gasteiger partial charge in [0.25, 0.3) is 0 Å². The van der Waals surface area contributed by atoms with Crippen LogP contribution in [0.4, 0.5) is 0 Å². The summed E-state index contributed by atoms with van der Waals surface area (Å²) in [5, 5.41) is 15.9. The average molecular weight is 389 g/mol. The molecule has 0 fully saturated rings. The van der Waals surface area contributed by atoms with Crippen molar-refractivity contribution in [3.8, 4) is 17.1 Å². The lowest BCUT2D eigenvalue weighted by Gasteiger charge is -2.33. The van der Waals surface area contributed by atoms with Crippen LogP contribution in [-0.4, -0.2) is 39.3 Å². The van der Waals surface area contributed by atoms with Crippen LogP contribution < -0.4 is 10.1 Å². The van der Waals surface area contributed by atoms with E-state index >= 15 is 0 Å². The van der Waals surface area contributed by atoms with E-state index in [2.05, 4.69) is 15.5 Å². The van der Waals surface area contributed by atoms with Crippen LogP contribution in [0.15, 0.2) is 28.8 Å². The van der Waals surface area contributed by atoms with Crippen molar-refractivity contribution < 1.29 is 24.0 Å². The van der Waals surface area contributed by atoms with E-state index in [1.807, 2.05) is 45.0 Å². The van der Waals surface area contributed by atoms with Crippen molar-refractivity contribution in [2.45, 2.75) is 52.5 Å². The lowest BCUT2D eigenvalue weighted by atomic mass is 9.85. The van der Waals surface area contributed by atoms with Crippen molar-refractivity contribution in [2.75, 3.05) is 6.61 Å². The molecule has 0 aliphatic heterocycles. The summed E-state index contributed by atoms with van der Waals surface area (Å²) in [6.45, 7) is 8.01. The van der Waals surface area contributed by atoms with Crippen LogP contribution in [0, 0.1) is 5.92 Å². The van der Waals surface area contributed by atoms with Gasteiger partial charge in [-0.1, -0.05) is 19.0 Å². The van der Waals surface area contributed by atoms with E-state index in [1.54, 1.807) is 6.92 Å². The van der Waals surface area contributed by atoms with Gasteiger partial charge in [0, 0.05) is 23.9 Å². The normalized spacial score (nSPS) is 13.2. The molecule has 2 N–H and O–H groups in total. The molecule has 1 unspecified atom stereocenters. The number of carboxylic acids is 1. The van der Waals surface area contributed by atoms with E-state index in [0.29, 0.717) is 18.3 Å². The number of nitrogens with zero attached hydrogens (tertiary/aromatic N) is 2. The van der Waals surface area contributed by atoms with Gasteiger partial charge in [-0.3, -0.25) is 9.59 Å². The summed E-state index contributed by atoms with van der Waals surface area (Å²) in [6.07, 6.45) is 0.267. The SMILES string of the molecule is CCOc1ccc(-c2noc(CCC(=O)NC(C)(CC(=O)O)C(C)C)n2)cc1. The molecule has 152 valence electrons. The average Bonchev–Trinajstić information content (AvgIpc) is 3.09. The number of carboxylic acid groups (broad SMARTS) is 1. The van der Waals surface area contributed by atoms with Crippen LogP contribution in [0.25, 0.3) is 11.4 Å². The molecule has 0 bridgehead atoms. The smallest absolute Gasteiger partial charge is 0.305 e. The zero-order chi connectivity index (χ0) is 20.7. The summed E-state index contributed by atoms with van der Waals surface area (Å²) >= 11 is 0. The maximum absolute atomic E-state index is 12.3. The largest absolute Gasteiger partial charge is 0.494 e. The number of benzene rings is 1. The summed E-state index contributed by atoms with van der Waals surface area (Å²) in [4.78, 5) is 27.7. The Labute approximate surface area is 164 Å². The minimum absolute atomic E-state index is 0.0257. The Morgan fingerprint density at radius 1 is 1.29 bits per heavy atom. The third-order valence-electron chi connectivity index (χ3n) is 4.68. The highest BCUT2D eigenvalue weighted by molar-refractivity contribution is 5.78. The number of hydrogen-bond donors (Lipinski definition) is 2. The number of aliphatic carboxylic acids is 1. The maximum atomic E-state index is 12.3. The fourth-order valence-corrected chi connectivity index (χ4v) is 2.65. The first-order valence-corrected chi connectivity index (χ1v) is 9.32. The molecule has 0 aliphatic carbocycles. The number of aromatic nitrogens is 2. The van der Waals surface area contributed by atoms with Crippen molar-refractivity contribution in [2.24, 2.45) is 5.92 Å². The monoisotopic (exact) mass is 389 g/mol. The van der Waals surface area contributed by atoms with Crippen molar-refractivity contribution in [3.63, 3.8) is 0 Å². The van der Waals surface area contributed by atoms with E-state index in [4.69, 9.17) is 14.4 Å². The topological polar surface area (TPSA) is 115 Å². The molecule has 1 amide bonds. The molecule has 0 aliphatic rings. The van der Waals surface area contributed by atoms with Gasteiger partial charge in [-0.2, -0.15) is 4.98 Å². The van der Waals surface area contributed by atoms with Gasteiger partial charge < -0.3 is 19.7 Å². The van der Waals surface area contributed by atoms with Gasteiger partial charge in [0.1, 0.15) is 5.75 Å². The lowest BCUT2D eigenvalue weighted by Crippen LogP contribution is -2.51. The van der Waals surface area contributed by atoms with Crippen molar-refractivity contribution in [1.82, 2.24) is 15.5 Å². The number of nitrogens with one attached hydrogen (secondary N) is 1. The molecule has 2 rings (SSSR count). The highest BCUT2D eigenvalue weighted by Gasteiger charge is 2.32. The third-order valence-corrected chi connectivity index (χ3v) is 4.68. The quantitative estimate of drug-likeness (QED) is 0.642. The number of hydrogen-bond acceptors (Lipinski definition) is 6. The minimum atomic E-state index is -0.951. The zero-order valence-corrected chi connectivity index (χ0v) is 16.7. The second-order valence-electron chi connectivity index (χ2n) is 7.16. The molecule has 28 heavy (non-hydrogen) atoms. The maximum Gasteiger partial charge on any atom is 0.305 e. The number of carbonyl (C=O) groups is 2. The Balaban J connectivity index is 1.94. The first kappa shape index (κ1) is 21.4. The third kappa shape index (κ3) is 5.80. The number of amides is 1. The van der Waals surface area contributed by atoms with Gasteiger partial charge in [0.2, 0.25) is 17.6 Å². The van der Waals surface area contributed by atoms with Gasteiger partial charge in [0.05, 0.1) is 13.0 Å². The first-order chi connectivity index (χ1) is 13.2. The molecular weight excluding hydrogens is 362 g/mol. The summed E-state index contributed by atoms with van der Waals surface area (Å²) in [7, 11) is 0. The van der Waals surface area contributed by atoms with Crippen LogP contribution in [-0.2, 0) is 16.0 Å². The van der Waals surface area contributed by atoms with Gasteiger partial charge >= 0.3 is 5.97 Å². The number of rotatable bonds is 10. The molecule has 0 spiro atoms. The van der Waals surface area contributed by atoms with Crippen LogP contribution in [0.2, 0.25) is 0 Å². The Morgan fingerprint density at radius 3 is 2.54 bits per heavy atom. The summed E-state index contributed by atoms with van der Waals surface area (Å²) in [5.41, 5.74) is -0.0256. The molecule has 2 aromatic rings. The van der Waals surface area contributed by atoms with Crippen molar-refractivity contribution in [1.29, 1.82) is 0 Å². The Hall–Kier alpha value is -2.90.